The largest absolute Gasteiger partial charge is 0.493 e. The minimum Gasteiger partial charge on any atom is -0.493 e. The number of carbonyl (C=O) groups excluding carboxylic acids is 1. The number of nitrogens with zero attached hydrogens (tertiary/aromatic N) is 3. The van der Waals surface area contributed by atoms with Gasteiger partial charge in [-0.05, 0) is 43.9 Å². The Labute approximate surface area is 159 Å². The Balaban J connectivity index is 1.61. The summed E-state index contributed by atoms with van der Waals surface area (Å²) in [7, 11) is 3.22. The fraction of sp³-hybridized carbons (Fsp3) is 0.450. The Morgan fingerprint density at radius 3 is 2.56 bits per heavy atom. The van der Waals surface area contributed by atoms with Gasteiger partial charge >= 0.3 is 0 Å². The summed E-state index contributed by atoms with van der Waals surface area (Å²) in [5.41, 5.74) is 1.47. The van der Waals surface area contributed by atoms with Crippen LogP contribution in [0.15, 0.2) is 24.3 Å². The molecular weight excluding hydrogens is 344 g/mol. The van der Waals surface area contributed by atoms with Gasteiger partial charge in [0.25, 0.3) is 5.91 Å². The van der Waals surface area contributed by atoms with E-state index in [1.807, 2.05) is 25.1 Å². The van der Waals surface area contributed by atoms with Crippen molar-refractivity contribution >= 4 is 11.7 Å². The molecule has 1 N–H and O–H groups in total. The van der Waals surface area contributed by atoms with Crippen molar-refractivity contribution in [2.75, 3.05) is 38.8 Å². The second-order valence-corrected chi connectivity index (χ2v) is 6.55. The van der Waals surface area contributed by atoms with Gasteiger partial charge in [0.1, 0.15) is 17.3 Å². The van der Waals surface area contributed by atoms with E-state index in [0.29, 0.717) is 36.0 Å². The first kappa shape index (κ1) is 18.9. The molecule has 0 saturated carbocycles. The van der Waals surface area contributed by atoms with Gasteiger partial charge in [-0.1, -0.05) is 6.07 Å². The molecule has 3 rings (SSSR count). The number of rotatable bonds is 7. The van der Waals surface area contributed by atoms with Gasteiger partial charge < -0.3 is 19.7 Å². The first-order valence-corrected chi connectivity index (χ1v) is 9.20. The van der Waals surface area contributed by atoms with Gasteiger partial charge in [-0.25, -0.2) is 9.97 Å². The highest BCUT2D eigenvalue weighted by Gasteiger charge is 2.17. The molecular formula is C20H26N4O3. The molecule has 0 aliphatic carbocycles. The molecule has 27 heavy (non-hydrogen) atoms. The van der Waals surface area contributed by atoms with Crippen LogP contribution in [0.4, 0.5) is 5.82 Å². The molecule has 1 aromatic carbocycles. The summed E-state index contributed by atoms with van der Waals surface area (Å²) in [5.74, 6) is 2.65. The van der Waals surface area contributed by atoms with Crippen LogP contribution in [0.3, 0.4) is 0 Å². The summed E-state index contributed by atoms with van der Waals surface area (Å²) < 4.78 is 10.6. The Kier molecular flexibility index (Phi) is 6.11. The number of anilines is 1. The molecule has 1 saturated heterocycles. The number of nitrogens with one attached hydrogen (secondary N) is 1. The van der Waals surface area contributed by atoms with Gasteiger partial charge in [0.15, 0.2) is 11.5 Å². The van der Waals surface area contributed by atoms with E-state index in [1.54, 1.807) is 20.3 Å². The Bertz CT molecular complexity index is 804. The van der Waals surface area contributed by atoms with Crippen molar-refractivity contribution in [2.24, 2.45) is 0 Å². The maximum Gasteiger partial charge on any atom is 0.270 e. The number of aryl methyl sites for hydroxylation is 1. The number of ether oxygens (including phenoxy) is 2. The summed E-state index contributed by atoms with van der Waals surface area (Å²) in [6, 6.07) is 7.54. The molecule has 1 aliphatic rings. The first-order valence-electron chi connectivity index (χ1n) is 9.20. The predicted molar refractivity (Wildman–Crippen MR) is 104 cm³/mol. The quantitative estimate of drug-likeness (QED) is 0.806. The van der Waals surface area contributed by atoms with E-state index in [1.165, 1.54) is 0 Å². The van der Waals surface area contributed by atoms with Crippen LogP contribution in [0.2, 0.25) is 0 Å². The highest BCUT2D eigenvalue weighted by atomic mass is 16.5. The third kappa shape index (κ3) is 4.67. The van der Waals surface area contributed by atoms with Gasteiger partial charge in [-0.2, -0.15) is 0 Å². The van der Waals surface area contributed by atoms with Crippen LogP contribution in [0.25, 0.3) is 0 Å². The number of hydrogen-bond acceptors (Lipinski definition) is 6. The normalized spacial score (nSPS) is 13.5. The van der Waals surface area contributed by atoms with Gasteiger partial charge in [-0.15, -0.1) is 0 Å². The molecule has 1 fully saturated rings. The summed E-state index contributed by atoms with van der Waals surface area (Å²) >= 11 is 0. The number of aromatic nitrogens is 2. The minimum absolute atomic E-state index is 0.179. The number of benzene rings is 1. The maximum atomic E-state index is 12.5. The van der Waals surface area contributed by atoms with Crippen molar-refractivity contribution in [3.05, 3.63) is 41.3 Å². The lowest BCUT2D eigenvalue weighted by Crippen LogP contribution is -2.28. The van der Waals surface area contributed by atoms with Gasteiger partial charge in [0.05, 0.1) is 14.2 Å². The summed E-state index contributed by atoms with van der Waals surface area (Å²) in [6.07, 6.45) is 3.01. The molecule has 7 heteroatoms. The third-order valence-corrected chi connectivity index (χ3v) is 4.63. The van der Waals surface area contributed by atoms with Crippen LogP contribution < -0.4 is 19.7 Å². The smallest absolute Gasteiger partial charge is 0.270 e. The predicted octanol–water partition coefficient (Wildman–Crippen LogP) is 2.37. The van der Waals surface area contributed by atoms with Crippen molar-refractivity contribution in [3.8, 4) is 11.5 Å². The number of amides is 1. The second kappa shape index (κ2) is 8.70. The lowest BCUT2D eigenvalue weighted by atomic mass is 10.1. The molecule has 1 aromatic heterocycles. The zero-order valence-electron chi connectivity index (χ0n) is 16.1. The molecule has 7 nitrogen and oxygen atoms in total. The summed E-state index contributed by atoms with van der Waals surface area (Å²) in [4.78, 5) is 23.5. The van der Waals surface area contributed by atoms with E-state index in [9.17, 15) is 4.79 Å². The molecule has 144 valence electrons. The number of methoxy groups -OCH3 is 2. The monoisotopic (exact) mass is 370 g/mol. The molecule has 0 atom stereocenters. The van der Waals surface area contributed by atoms with Crippen molar-refractivity contribution < 1.29 is 14.3 Å². The average Bonchev–Trinajstić information content (AvgIpc) is 3.22. The summed E-state index contributed by atoms with van der Waals surface area (Å²) in [6.45, 7) is 4.30. The third-order valence-electron chi connectivity index (χ3n) is 4.63. The highest BCUT2D eigenvalue weighted by molar-refractivity contribution is 5.93. The molecule has 0 spiro atoms. The Morgan fingerprint density at radius 1 is 1.11 bits per heavy atom. The van der Waals surface area contributed by atoms with Gasteiger partial charge in [0.2, 0.25) is 0 Å². The van der Waals surface area contributed by atoms with Crippen LogP contribution in [0.5, 0.6) is 11.5 Å². The van der Waals surface area contributed by atoms with Crippen LogP contribution >= 0.6 is 0 Å². The molecule has 0 bridgehead atoms. The van der Waals surface area contributed by atoms with Gasteiger partial charge in [0, 0.05) is 25.7 Å². The Hall–Kier alpha value is -2.83. The fourth-order valence-electron chi connectivity index (χ4n) is 3.22. The zero-order valence-corrected chi connectivity index (χ0v) is 16.1. The lowest BCUT2D eigenvalue weighted by Gasteiger charge is -2.17. The molecule has 2 heterocycles. The molecule has 0 unspecified atom stereocenters. The van der Waals surface area contributed by atoms with Crippen molar-refractivity contribution in [1.29, 1.82) is 0 Å². The minimum atomic E-state index is -0.179. The highest BCUT2D eigenvalue weighted by Crippen LogP contribution is 2.27. The van der Waals surface area contributed by atoms with Crippen LogP contribution in [-0.2, 0) is 6.42 Å². The lowest BCUT2D eigenvalue weighted by molar-refractivity contribution is 0.0948. The van der Waals surface area contributed by atoms with E-state index < -0.39 is 0 Å². The van der Waals surface area contributed by atoms with Gasteiger partial charge in [-0.3, -0.25) is 4.79 Å². The van der Waals surface area contributed by atoms with E-state index in [0.717, 1.165) is 37.3 Å². The SMILES string of the molecule is COc1ccc(CCNC(=O)c2cc(N3CCCC3)nc(C)n2)cc1OC. The molecule has 1 amide bonds. The van der Waals surface area contributed by atoms with E-state index in [4.69, 9.17) is 9.47 Å². The van der Waals surface area contributed by atoms with Crippen molar-refractivity contribution in [3.63, 3.8) is 0 Å². The molecule has 2 aromatic rings. The summed E-state index contributed by atoms with van der Waals surface area (Å²) in [5, 5.41) is 2.94. The van der Waals surface area contributed by atoms with Crippen LogP contribution in [-0.4, -0.2) is 49.7 Å². The average molecular weight is 370 g/mol. The number of carbonyl (C=O) groups is 1. The maximum absolute atomic E-state index is 12.5. The molecule has 0 radical (unpaired) electrons. The first-order chi connectivity index (χ1) is 13.1. The Morgan fingerprint density at radius 2 is 1.85 bits per heavy atom. The van der Waals surface area contributed by atoms with Crippen molar-refractivity contribution in [2.45, 2.75) is 26.2 Å². The van der Waals surface area contributed by atoms with Crippen LogP contribution in [0.1, 0.15) is 34.7 Å². The topological polar surface area (TPSA) is 76.6 Å². The standard InChI is InChI=1S/C20H26N4O3/c1-14-22-16(13-19(23-14)24-10-4-5-11-24)20(25)21-9-8-15-6-7-17(26-2)18(12-15)27-3/h6-7,12-13H,4-5,8-11H2,1-3H3,(H,21,25). The van der Waals surface area contributed by atoms with E-state index in [-0.39, 0.29) is 5.91 Å². The number of hydrogen-bond donors (Lipinski definition) is 1. The van der Waals surface area contributed by atoms with Crippen molar-refractivity contribution in [1.82, 2.24) is 15.3 Å². The second-order valence-electron chi connectivity index (χ2n) is 6.55. The van der Waals surface area contributed by atoms with E-state index in [2.05, 4.69) is 20.2 Å². The van der Waals surface area contributed by atoms with Crippen LogP contribution in [0, 0.1) is 6.92 Å². The fourth-order valence-corrected chi connectivity index (χ4v) is 3.22. The van der Waals surface area contributed by atoms with E-state index >= 15 is 0 Å². The zero-order chi connectivity index (χ0) is 19.2. The molecule has 1 aliphatic heterocycles.